The molecular weight excluding hydrogens is 213 g/mol. The molecule has 0 heterocycles. The van der Waals surface area contributed by atoms with E-state index in [4.69, 9.17) is 5.11 Å². The van der Waals surface area contributed by atoms with Gasteiger partial charge in [-0.25, -0.2) is 9.18 Å². The molecule has 5 heteroatoms. The Hall–Kier alpha value is -1.91. The maximum absolute atomic E-state index is 13.6. The molecule has 1 aliphatic carbocycles. The third kappa shape index (κ3) is 2.03. The summed E-state index contributed by atoms with van der Waals surface area (Å²) < 4.78 is 13.6. The molecule has 1 aromatic carbocycles. The Kier molecular flexibility index (Phi) is 2.60. The fourth-order valence-electron chi connectivity index (χ4n) is 1.77. The van der Waals surface area contributed by atoms with Crippen molar-refractivity contribution in [3.63, 3.8) is 0 Å². The molecule has 0 aliphatic heterocycles. The van der Waals surface area contributed by atoms with Crippen molar-refractivity contribution in [2.75, 3.05) is 5.32 Å². The van der Waals surface area contributed by atoms with Gasteiger partial charge in [0, 0.05) is 24.4 Å². The smallest absolute Gasteiger partial charge is 0.409 e. The van der Waals surface area contributed by atoms with E-state index in [0.29, 0.717) is 18.4 Å². The van der Waals surface area contributed by atoms with E-state index in [1.165, 1.54) is 12.1 Å². The van der Waals surface area contributed by atoms with Crippen molar-refractivity contribution in [1.29, 1.82) is 0 Å². The van der Waals surface area contributed by atoms with Crippen LogP contribution in [0.15, 0.2) is 18.2 Å². The quantitative estimate of drug-likeness (QED) is 0.808. The lowest BCUT2D eigenvalue weighted by molar-refractivity contribution is -0.124. The molecule has 1 saturated carbocycles. The summed E-state index contributed by atoms with van der Waals surface area (Å²) in [5.41, 5.74) is 0.676. The van der Waals surface area contributed by atoms with Crippen LogP contribution in [-0.4, -0.2) is 17.0 Å². The normalized spacial score (nSPS) is 15.7. The van der Waals surface area contributed by atoms with E-state index in [1.54, 1.807) is 0 Å². The predicted molar refractivity (Wildman–Crippen MR) is 55.0 cm³/mol. The summed E-state index contributed by atoms with van der Waals surface area (Å²) in [4.78, 5) is 21.1. The number of ketones is 1. The molecule has 0 bridgehead atoms. The highest BCUT2D eigenvalue weighted by atomic mass is 19.1. The lowest BCUT2D eigenvalue weighted by atomic mass is 9.78. The first-order valence-electron chi connectivity index (χ1n) is 4.87. The van der Waals surface area contributed by atoms with Crippen molar-refractivity contribution in [2.24, 2.45) is 0 Å². The van der Waals surface area contributed by atoms with E-state index < -0.39 is 11.9 Å². The van der Waals surface area contributed by atoms with E-state index in [1.807, 2.05) is 0 Å². The van der Waals surface area contributed by atoms with Gasteiger partial charge in [0.05, 0.1) is 0 Å². The van der Waals surface area contributed by atoms with Crippen LogP contribution in [0.1, 0.15) is 24.3 Å². The maximum Gasteiger partial charge on any atom is 0.409 e. The predicted octanol–water partition coefficient (Wildman–Crippen LogP) is 2.36. The van der Waals surface area contributed by atoms with Crippen LogP contribution >= 0.6 is 0 Å². The first-order chi connectivity index (χ1) is 7.56. The van der Waals surface area contributed by atoms with Gasteiger partial charge in [-0.15, -0.1) is 0 Å². The first-order valence-corrected chi connectivity index (χ1v) is 4.87. The van der Waals surface area contributed by atoms with Crippen molar-refractivity contribution in [1.82, 2.24) is 0 Å². The number of nitrogens with one attached hydrogen (secondary N) is 1. The molecule has 16 heavy (non-hydrogen) atoms. The van der Waals surface area contributed by atoms with Gasteiger partial charge < -0.3 is 5.11 Å². The molecule has 2 N–H and O–H groups in total. The molecule has 1 fully saturated rings. The molecule has 0 aromatic heterocycles. The Morgan fingerprint density at radius 3 is 2.62 bits per heavy atom. The minimum atomic E-state index is -1.23. The number of amides is 1. The summed E-state index contributed by atoms with van der Waals surface area (Å²) in [6, 6.07) is 4.15. The van der Waals surface area contributed by atoms with Gasteiger partial charge in [-0.2, -0.15) is 0 Å². The molecule has 4 nitrogen and oxygen atoms in total. The van der Waals surface area contributed by atoms with Crippen LogP contribution < -0.4 is 5.32 Å². The Morgan fingerprint density at radius 2 is 2.12 bits per heavy atom. The zero-order valence-corrected chi connectivity index (χ0v) is 8.37. The number of hydrogen-bond donors (Lipinski definition) is 2. The first kappa shape index (κ1) is 10.6. The number of halogens is 1. The second kappa shape index (κ2) is 3.92. The molecule has 0 spiro atoms. The monoisotopic (exact) mass is 223 g/mol. The molecule has 0 radical (unpaired) electrons. The van der Waals surface area contributed by atoms with Gasteiger partial charge in [0.15, 0.2) is 0 Å². The number of Topliss-reactive ketones (excluding diaryl/α,β-unsaturated/α-hetero) is 1. The van der Waals surface area contributed by atoms with Gasteiger partial charge in [-0.1, -0.05) is 6.07 Å². The zero-order chi connectivity index (χ0) is 11.7. The van der Waals surface area contributed by atoms with Crippen molar-refractivity contribution in [3.8, 4) is 0 Å². The van der Waals surface area contributed by atoms with E-state index in [9.17, 15) is 14.0 Å². The van der Waals surface area contributed by atoms with Gasteiger partial charge in [0.25, 0.3) is 0 Å². The summed E-state index contributed by atoms with van der Waals surface area (Å²) >= 11 is 0. The van der Waals surface area contributed by atoms with Gasteiger partial charge in [0.2, 0.25) is 0 Å². The van der Waals surface area contributed by atoms with E-state index in [-0.39, 0.29) is 17.4 Å². The van der Waals surface area contributed by atoms with Crippen LogP contribution in [0.3, 0.4) is 0 Å². The molecule has 0 unspecified atom stereocenters. The highest BCUT2D eigenvalue weighted by Crippen LogP contribution is 2.35. The van der Waals surface area contributed by atoms with Crippen molar-refractivity contribution in [2.45, 2.75) is 18.8 Å². The highest BCUT2D eigenvalue weighted by molar-refractivity contribution is 5.86. The van der Waals surface area contributed by atoms with Crippen molar-refractivity contribution < 1.29 is 19.1 Å². The summed E-state index contributed by atoms with van der Waals surface area (Å²) in [5, 5.41) is 10.5. The SMILES string of the molecule is O=C1CC(c2ccc(NC(=O)O)cc2F)C1. The number of carboxylic acid groups (broad SMARTS) is 1. The van der Waals surface area contributed by atoms with Crippen LogP contribution in [0, 0.1) is 5.82 Å². The summed E-state index contributed by atoms with van der Waals surface area (Å²) in [6.45, 7) is 0. The average Bonchev–Trinajstić information content (AvgIpc) is 2.13. The molecule has 1 aromatic rings. The van der Waals surface area contributed by atoms with Crippen molar-refractivity contribution >= 4 is 17.6 Å². The van der Waals surface area contributed by atoms with Crippen LogP contribution in [0.5, 0.6) is 0 Å². The number of carbonyl (C=O) groups is 2. The fourth-order valence-corrected chi connectivity index (χ4v) is 1.77. The summed E-state index contributed by atoms with van der Waals surface area (Å²) in [7, 11) is 0. The van der Waals surface area contributed by atoms with E-state index in [0.717, 1.165) is 6.07 Å². The second-order valence-corrected chi connectivity index (χ2v) is 3.81. The Bertz CT molecular complexity index is 451. The van der Waals surface area contributed by atoms with E-state index >= 15 is 0 Å². The third-order valence-electron chi connectivity index (χ3n) is 2.64. The van der Waals surface area contributed by atoms with Crippen LogP contribution in [-0.2, 0) is 4.79 Å². The molecule has 0 atom stereocenters. The number of carbonyl (C=O) groups excluding carboxylic acids is 1. The summed E-state index contributed by atoms with van der Waals surface area (Å²) in [5.74, 6) is -0.382. The third-order valence-corrected chi connectivity index (χ3v) is 2.64. The maximum atomic E-state index is 13.6. The number of anilines is 1. The second-order valence-electron chi connectivity index (χ2n) is 3.81. The van der Waals surface area contributed by atoms with Gasteiger partial charge in [0.1, 0.15) is 11.6 Å². The Morgan fingerprint density at radius 1 is 1.44 bits per heavy atom. The Balaban J connectivity index is 2.16. The van der Waals surface area contributed by atoms with E-state index in [2.05, 4.69) is 5.32 Å². The molecule has 84 valence electrons. The van der Waals surface area contributed by atoms with Gasteiger partial charge in [-0.05, 0) is 17.7 Å². The van der Waals surface area contributed by atoms with Crippen molar-refractivity contribution in [3.05, 3.63) is 29.6 Å². The topological polar surface area (TPSA) is 66.4 Å². The molecular formula is C11H10FNO3. The zero-order valence-electron chi connectivity index (χ0n) is 8.37. The van der Waals surface area contributed by atoms with Crippen LogP contribution in [0.4, 0.5) is 14.9 Å². The minimum Gasteiger partial charge on any atom is -0.465 e. The van der Waals surface area contributed by atoms with Gasteiger partial charge >= 0.3 is 6.09 Å². The molecule has 0 saturated heterocycles. The van der Waals surface area contributed by atoms with Crippen LogP contribution in [0.25, 0.3) is 0 Å². The molecule has 1 aliphatic rings. The fraction of sp³-hybridized carbons (Fsp3) is 0.273. The molecule has 2 rings (SSSR count). The molecule has 1 amide bonds. The lowest BCUT2D eigenvalue weighted by Crippen LogP contribution is -2.22. The number of hydrogen-bond acceptors (Lipinski definition) is 2. The highest BCUT2D eigenvalue weighted by Gasteiger charge is 2.29. The lowest BCUT2D eigenvalue weighted by Gasteiger charge is -2.24. The Labute approximate surface area is 91.1 Å². The van der Waals surface area contributed by atoms with Gasteiger partial charge in [-0.3, -0.25) is 10.1 Å². The summed E-state index contributed by atoms with van der Waals surface area (Å²) in [6.07, 6.45) is -0.475. The number of rotatable bonds is 2. The minimum absolute atomic E-state index is 0.0496. The average molecular weight is 223 g/mol. The standard InChI is InChI=1S/C11H10FNO3/c12-10-5-7(13-11(15)16)1-2-9(10)6-3-8(14)4-6/h1-2,5-6,13H,3-4H2,(H,15,16). The van der Waals surface area contributed by atoms with Crippen LogP contribution in [0.2, 0.25) is 0 Å². The number of benzene rings is 1. The largest absolute Gasteiger partial charge is 0.465 e.